The van der Waals surface area contributed by atoms with Gasteiger partial charge >= 0.3 is 5.97 Å². The monoisotopic (exact) mass is 281 g/mol. The minimum absolute atomic E-state index is 0.0311. The van der Waals surface area contributed by atoms with Crippen molar-refractivity contribution >= 4 is 5.97 Å². The fourth-order valence-corrected chi connectivity index (χ4v) is 1.48. The maximum atomic E-state index is 11.7. The number of phenols is 2. The standard InChI is InChI=1S/C12H11NO7/c14-7-2-1-6(5-8(7)15)11(18)12(19)20-13-9(16)3-4-10(13)17/h1-5,11,14-18H. The van der Waals surface area contributed by atoms with E-state index in [1.54, 1.807) is 0 Å². The van der Waals surface area contributed by atoms with Gasteiger partial charge < -0.3 is 30.4 Å². The highest BCUT2D eigenvalue weighted by Gasteiger charge is 2.23. The normalized spacial score (nSPS) is 12.1. The van der Waals surface area contributed by atoms with Gasteiger partial charge in [-0.25, -0.2) is 4.79 Å². The van der Waals surface area contributed by atoms with Crippen LogP contribution in [0.2, 0.25) is 0 Å². The summed E-state index contributed by atoms with van der Waals surface area (Å²) >= 11 is 0. The third-order valence-electron chi connectivity index (χ3n) is 2.52. The third kappa shape index (κ3) is 2.45. The summed E-state index contributed by atoms with van der Waals surface area (Å²) < 4.78 is 0.422. The van der Waals surface area contributed by atoms with E-state index in [2.05, 4.69) is 4.84 Å². The maximum Gasteiger partial charge on any atom is 0.365 e. The summed E-state index contributed by atoms with van der Waals surface area (Å²) in [6.07, 6.45) is -1.78. The summed E-state index contributed by atoms with van der Waals surface area (Å²) in [4.78, 5) is 16.2. The topological polar surface area (TPSA) is 132 Å². The highest BCUT2D eigenvalue weighted by Crippen LogP contribution is 2.28. The Bertz CT molecular complexity index is 630. The number of hydrogen-bond donors (Lipinski definition) is 5. The number of aromatic nitrogens is 1. The van der Waals surface area contributed by atoms with Crippen molar-refractivity contribution in [1.82, 2.24) is 4.73 Å². The van der Waals surface area contributed by atoms with Crippen LogP contribution in [-0.4, -0.2) is 36.2 Å². The minimum atomic E-state index is -1.78. The Balaban J connectivity index is 2.18. The predicted molar refractivity (Wildman–Crippen MR) is 64.1 cm³/mol. The van der Waals surface area contributed by atoms with E-state index in [1.807, 2.05) is 0 Å². The van der Waals surface area contributed by atoms with Gasteiger partial charge in [0.15, 0.2) is 17.6 Å². The van der Waals surface area contributed by atoms with Crippen LogP contribution >= 0.6 is 0 Å². The lowest BCUT2D eigenvalue weighted by atomic mass is 10.1. The van der Waals surface area contributed by atoms with Gasteiger partial charge in [0.05, 0.1) is 0 Å². The molecule has 1 aromatic heterocycles. The molecule has 0 fully saturated rings. The maximum absolute atomic E-state index is 11.7. The lowest BCUT2D eigenvalue weighted by Crippen LogP contribution is -2.25. The Kier molecular flexibility index (Phi) is 3.40. The average molecular weight is 281 g/mol. The number of benzene rings is 1. The lowest BCUT2D eigenvalue weighted by molar-refractivity contribution is -0.155. The van der Waals surface area contributed by atoms with Crippen LogP contribution in [0.25, 0.3) is 0 Å². The molecule has 1 unspecified atom stereocenters. The Morgan fingerprint density at radius 1 is 1.00 bits per heavy atom. The van der Waals surface area contributed by atoms with Crippen molar-refractivity contribution in [3.8, 4) is 23.3 Å². The van der Waals surface area contributed by atoms with Crippen LogP contribution in [0.1, 0.15) is 11.7 Å². The van der Waals surface area contributed by atoms with Gasteiger partial charge in [-0.05, 0) is 17.7 Å². The largest absolute Gasteiger partial charge is 0.504 e. The molecule has 106 valence electrons. The van der Waals surface area contributed by atoms with Crippen LogP contribution in [-0.2, 0) is 4.79 Å². The first kappa shape index (κ1) is 13.6. The number of aliphatic hydroxyl groups is 1. The number of nitrogens with zero attached hydrogens (tertiary/aromatic N) is 1. The summed E-state index contributed by atoms with van der Waals surface area (Å²) in [6.45, 7) is 0. The Hall–Kier alpha value is -2.87. The molecule has 1 atom stereocenters. The number of aromatic hydroxyl groups is 4. The van der Waals surface area contributed by atoms with Crippen LogP contribution in [0, 0.1) is 0 Å². The average Bonchev–Trinajstić information content (AvgIpc) is 2.72. The first-order chi connectivity index (χ1) is 9.40. The predicted octanol–water partition coefficient (Wildman–Crippen LogP) is -0.000700. The summed E-state index contributed by atoms with van der Waals surface area (Å²) in [5, 5.41) is 46.7. The van der Waals surface area contributed by atoms with E-state index in [4.69, 9.17) is 5.11 Å². The van der Waals surface area contributed by atoms with Crippen molar-refractivity contribution in [2.24, 2.45) is 0 Å². The van der Waals surface area contributed by atoms with Gasteiger partial charge in [0, 0.05) is 12.1 Å². The Morgan fingerprint density at radius 2 is 1.60 bits per heavy atom. The van der Waals surface area contributed by atoms with Crippen molar-refractivity contribution < 1.29 is 35.2 Å². The molecule has 8 heteroatoms. The van der Waals surface area contributed by atoms with Crippen molar-refractivity contribution in [2.75, 3.05) is 0 Å². The van der Waals surface area contributed by atoms with Gasteiger partial charge in [0.2, 0.25) is 11.8 Å². The first-order valence-electron chi connectivity index (χ1n) is 5.42. The number of hydrogen-bond acceptors (Lipinski definition) is 7. The molecule has 20 heavy (non-hydrogen) atoms. The molecular formula is C12H11NO7. The number of rotatable bonds is 3. The van der Waals surface area contributed by atoms with E-state index < -0.39 is 35.3 Å². The van der Waals surface area contributed by atoms with Crippen LogP contribution in [0.15, 0.2) is 30.3 Å². The zero-order valence-corrected chi connectivity index (χ0v) is 9.96. The number of phenolic OH excluding ortho intramolecular Hbond substituents is 2. The molecule has 0 radical (unpaired) electrons. The molecule has 0 saturated carbocycles. The van der Waals surface area contributed by atoms with Crippen LogP contribution in [0.4, 0.5) is 0 Å². The number of carbonyl (C=O) groups excluding carboxylic acids is 1. The molecule has 5 N–H and O–H groups in total. The van der Waals surface area contributed by atoms with E-state index in [0.29, 0.717) is 4.73 Å². The molecule has 0 aliphatic rings. The summed E-state index contributed by atoms with van der Waals surface area (Å²) in [5.74, 6) is -3.18. The fourth-order valence-electron chi connectivity index (χ4n) is 1.48. The van der Waals surface area contributed by atoms with Crippen LogP contribution in [0.5, 0.6) is 23.3 Å². The Morgan fingerprint density at radius 3 is 2.15 bits per heavy atom. The molecule has 2 aromatic rings. The second-order valence-corrected chi connectivity index (χ2v) is 3.91. The summed E-state index contributed by atoms with van der Waals surface area (Å²) in [5.41, 5.74) is -0.0311. The van der Waals surface area contributed by atoms with Crippen molar-refractivity contribution in [1.29, 1.82) is 0 Å². The zero-order valence-electron chi connectivity index (χ0n) is 9.96. The Labute approximate surface area is 112 Å². The number of carbonyl (C=O) groups is 1. The van der Waals surface area contributed by atoms with E-state index in [-0.39, 0.29) is 5.56 Å². The first-order valence-corrected chi connectivity index (χ1v) is 5.42. The van der Waals surface area contributed by atoms with E-state index >= 15 is 0 Å². The van der Waals surface area contributed by atoms with Crippen molar-refractivity contribution in [3.63, 3.8) is 0 Å². The van der Waals surface area contributed by atoms with Crippen molar-refractivity contribution in [3.05, 3.63) is 35.9 Å². The van der Waals surface area contributed by atoms with Gasteiger partial charge in [-0.1, -0.05) is 6.07 Å². The zero-order chi connectivity index (χ0) is 14.9. The quantitative estimate of drug-likeness (QED) is 0.500. The van der Waals surface area contributed by atoms with Crippen molar-refractivity contribution in [2.45, 2.75) is 6.10 Å². The number of aliphatic hydroxyl groups excluding tert-OH is 1. The smallest absolute Gasteiger partial charge is 0.365 e. The lowest BCUT2D eigenvalue weighted by Gasteiger charge is -2.12. The molecule has 8 nitrogen and oxygen atoms in total. The summed E-state index contributed by atoms with van der Waals surface area (Å²) in [7, 11) is 0. The second-order valence-electron chi connectivity index (χ2n) is 3.91. The minimum Gasteiger partial charge on any atom is -0.504 e. The molecule has 2 rings (SSSR count). The van der Waals surface area contributed by atoms with Gasteiger partial charge in [0.25, 0.3) is 0 Å². The van der Waals surface area contributed by atoms with E-state index in [9.17, 15) is 25.2 Å². The second kappa shape index (κ2) is 5.02. The molecule has 0 bridgehead atoms. The van der Waals surface area contributed by atoms with E-state index in [1.165, 1.54) is 6.07 Å². The molecule has 0 spiro atoms. The molecule has 0 aliphatic heterocycles. The molecule has 0 saturated heterocycles. The molecular weight excluding hydrogens is 270 g/mol. The van der Waals surface area contributed by atoms with Gasteiger partial charge in [0.1, 0.15) is 0 Å². The fraction of sp³-hybridized carbons (Fsp3) is 0.0833. The molecule has 0 aliphatic carbocycles. The highest BCUT2D eigenvalue weighted by atomic mass is 16.7. The molecule has 1 aromatic carbocycles. The molecule has 0 amide bonds. The van der Waals surface area contributed by atoms with E-state index in [0.717, 1.165) is 24.3 Å². The van der Waals surface area contributed by atoms with Gasteiger partial charge in [-0.3, -0.25) is 0 Å². The SMILES string of the molecule is O=C(On1c(O)ccc1O)C(O)c1ccc(O)c(O)c1. The summed E-state index contributed by atoms with van der Waals surface area (Å²) in [6, 6.07) is 5.45. The third-order valence-corrected chi connectivity index (χ3v) is 2.52. The van der Waals surface area contributed by atoms with Gasteiger partial charge in [-0.15, -0.1) is 4.73 Å². The van der Waals surface area contributed by atoms with Crippen LogP contribution in [0.3, 0.4) is 0 Å². The highest BCUT2D eigenvalue weighted by molar-refractivity contribution is 5.77. The molecule has 1 heterocycles. The van der Waals surface area contributed by atoms with Gasteiger partial charge in [-0.2, -0.15) is 0 Å². The van der Waals surface area contributed by atoms with Crippen LogP contribution < -0.4 is 4.84 Å².